The molecule has 0 aromatic carbocycles. The van der Waals surface area contributed by atoms with Crippen molar-refractivity contribution in [2.24, 2.45) is 5.92 Å². The van der Waals surface area contributed by atoms with Crippen molar-refractivity contribution in [2.75, 3.05) is 26.2 Å². The smallest absolute Gasteiger partial charge is 0.410 e. The molecule has 0 saturated carbocycles. The molecule has 21 heavy (non-hydrogen) atoms. The van der Waals surface area contributed by atoms with Gasteiger partial charge in [0.2, 0.25) is 0 Å². The predicted molar refractivity (Wildman–Crippen MR) is 84.3 cm³/mol. The molecule has 1 aliphatic rings. The molecule has 1 amide bonds. The highest BCUT2D eigenvalue weighted by molar-refractivity contribution is 5.68. The summed E-state index contributed by atoms with van der Waals surface area (Å²) in [5, 5.41) is 12.6. The van der Waals surface area contributed by atoms with Gasteiger partial charge in [0, 0.05) is 25.7 Å². The molecule has 0 spiro atoms. The van der Waals surface area contributed by atoms with Crippen LogP contribution in [0.15, 0.2) is 0 Å². The van der Waals surface area contributed by atoms with E-state index in [9.17, 15) is 4.79 Å². The second-order valence-corrected chi connectivity index (χ2v) is 6.96. The van der Waals surface area contributed by atoms with Gasteiger partial charge in [-0.25, -0.2) is 4.79 Å². The van der Waals surface area contributed by atoms with E-state index in [1.165, 1.54) is 0 Å². The maximum atomic E-state index is 12.1. The molecular weight excluding hydrogens is 268 g/mol. The van der Waals surface area contributed by atoms with Gasteiger partial charge in [-0.05, 0) is 52.5 Å². The summed E-state index contributed by atoms with van der Waals surface area (Å²) in [6.45, 7) is 10.5. The lowest BCUT2D eigenvalue weighted by Gasteiger charge is -2.35. The quantitative estimate of drug-likeness (QED) is 0.790. The Morgan fingerprint density at radius 1 is 1.48 bits per heavy atom. The van der Waals surface area contributed by atoms with Gasteiger partial charge in [-0.3, -0.25) is 0 Å². The molecule has 1 fully saturated rings. The van der Waals surface area contributed by atoms with Gasteiger partial charge in [0.25, 0.3) is 0 Å². The van der Waals surface area contributed by atoms with Gasteiger partial charge in [0.15, 0.2) is 0 Å². The topological polar surface area (TPSA) is 61.8 Å². The first-order valence-corrected chi connectivity index (χ1v) is 8.18. The second kappa shape index (κ2) is 8.59. The fourth-order valence-electron chi connectivity index (χ4n) is 2.60. The van der Waals surface area contributed by atoms with Gasteiger partial charge < -0.3 is 20.1 Å². The van der Waals surface area contributed by atoms with Crippen molar-refractivity contribution in [3.63, 3.8) is 0 Å². The Morgan fingerprint density at radius 3 is 2.76 bits per heavy atom. The molecule has 5 heteroatoms. The Kier molecular flexibility index (Phi) is 7.46. The van der Waals surface area contributed by atoms with E-state index in [0.717, 1.165) is 38.8 Å². The van der Waals surface area contributed by atoms with Crippen molar-refractivity contribution in [2.45, 2.75) is 65.0 Å². The third kappa shape index (κ3) is 7.14. The lowest BCUT2D eigenvalue weighted by molar-refractivity contribution is 0.0186. The summed E-state index contributed by atoms with van der Waals surface area (Å²) in [5.41, 5.74) is -0.439. The van der Waals surface area contributed by atoms with Crippen LogP contribution in [0, 0.1) is 5.92 Å². The molecular formula is C16H32N2O3. The largest absolute Gasteiger partial charge is 0.444 e. The van der Waals surface area contributed by atoms with Gasteiger partial charge in [-0.1, -0.05) is 13.3 Å². The summed E-state index contributed by atoms with van der Waals surface area (Å²) in [6.07, 6.45) is 3.79. The van der Waals surface area contributed by atoms with E-state index in [0.29, 0.717) is 18.5 Å². The van der Waals surface area contributed by atoms with E-state index in [1.807, 2.05) is 20.8 Å². The van der Waals surface area contributed by atoms with Crippen LogP contribution in [0.2, 0.25) is 0 Å². The molecule has 1 aliphatic heterocycles. The van der Waals surface area contributed by atoms with E-state index < -0.39 is 5.60 Å². The molecule has 0 aromatic heterocycles. The van der Waals surface area contributed by atoms with Crippen LogP contribution in [-0.2, 0) is 4.74 Å². The first-order valence-electron chi connectivity index (χ1n) is 8.18. The summed E-state index contributed by atoms with van der Waals surface area (Å²) in [5.74, 6) is 0.506. The van der Waals surface area contributed by atoms with Gasteiger partial charge in [-0.15, -0.1) is 0 Å². The SMILES string of the molecule is CCC(CCO)CNC1CCCN(C(=O)OC(C)(C)C)C1. The van der Waals surface area contributed by atoms with Gasteiger partial charge in [0.1, 0.15) is 5.60 Å². The summed E-state index contributed by atoms with van der Waals surface area (Å²) in [7, 11) is 0. The van der Waals surface area contributed by atoms with Crippen LogP contribution in [0.4, 0.5) is 4.79 Å². The molecule has 124 valence electrons. The van der Waals surface area contributed by atoms with Crippen molar-refractivity contribution in [3.8, 4) is 0 Å². The Hall–Kier alpha value is -0.810. The van der Waals surface area contributed by atoms with Crippen molar-refractivity contribution in [1.29, 1.82) is 0 Å². The lowest BCUT2D eigenvalue weighted by atomic mass is 10.0. The zero-order valence-electron chi connectivity index (χ0n) is 14.0. The number of carbonyl (C=O) groups excluding carboxylic acids is 1. The molecule has 1 rings (SSSR count). The minimum Gasteiger partial charge on any atom is -0.444 e. The first-order chi connectivity index (χ1) is 9.85. The second-order valence-electron chi connectivity index (χ2n) is 6.96. The van der Waals surface area contributed by atoms with E-state index in [4.69, 9.17) is 9.84 Å². The number of carbonyl (C=O) groups is 1. The monoisotopic (exact) mass is 300 g/mol. The fourth-order valence-corrected chi connectivity index (χ4v) is 2.60. The molecule has 0 radical (unpaired) electrons. The Labute approximate surface area is 129 Å². The van der Waals surface area contributed by atoms with Crippen molar-refractivity contribution >= 4 is 6.09 Å². The van der Waals surface area contributed by atoms with Crippen molar-refractivity contribution in [3.05, 3.63) is 0 Å². The fraction of sp³-hybridized carbons (Fsp3) is 0.938. The number of ether oxygens (including phenoxy) is 1. The Morgan fingerprint density at radius 2 is 2.19 bits per heavy atom. The third-order valence-electron chi connectivity index (χ3n) is 3.88. The summed E-state index contributed by atoms with van der Waals surface area (Å²) in [4.78, 5) is 13.9. The number of likely N-dealkylation sites (tertiary alicyclic amines) is 1. The molecule has 0 aliphatic carbocycles. The first kappa shape index (κ1) is 18.2. The number of nitrogens with zero attached hydrogens (tertiary/aromatic N) is 1. The standard InChI is InChI=1S/C16H32N2O3/c1-5-13(8-10-19)11-17-14-7-6-9-18(12-14)15(20)21-16(2,3)4/h13-14,17,19H,5-12H2,1-4H3. The maximum absolute atomic E-state index is 12.1. The molecule has 0 bridgehead atoms. The molecule has 1 heterocycles. The minimum absolute atomic E-state index is 0.212. The number of hydrogen-bond donors (Lipinski definition) is 2. The van der Waals surface area contributed by atoms with Gasteiger partial charge >= 0.3 is 6.09 Å². The number of rotatable bonds is 6. The highest BCUT2D eigenvalue weighted by atomic mass is 16.6. The number of piperidine rings is 1. The lowest BCUT2D eigenvalue weighted by Crippen LogP contribution is -2.50. The molecule has 0 aromatic rings. The molecule has 2 atom stereocenters. The van der Waals surface area contributed by atoms with Gasteiger partial charge in [-0.2, -0.15) is 0 Å². The van der Waals surface area contributed by atoms with Gasteiger partial charge in [0.05, 0.1) is 0 Å². The van der Waals surface area contributed by atoms with Crippen LogP contribution < -0.4 is 5.32 Å². The maximum Gasteiger partial charge on any atom is 0.410 e. The van der Waals surface area contributed by atoms with Crippen molar-refractivity contribution in [1.82, 2.24) is 10.2 Å². The summed E-state index contributed by atoms with van der Waals surface area (Å²) < 4.78 is 5.44. The number of nitrogens with one attached hydrogen (secondary N) is 1. The minimum atomic E-state index is -0.439. The number of amides is 1. The molecule has 2 N–H and O–H groups in total. The van der Waals surface area contributed by atoms with E-state index >= 15 is 0 Å². The Balaban J connectivity index is 2.39. The van der Waals surface area contributed by atoms with E-state index in [-0.39, 0.29) is 12.7 Å². The highest BCUT2D eigenvalue weighted by Gasteiger charge is 2.27. The zero-order valence-corrected chi connectivity index (χ0v) is 14.0. The summed E-state index contributed by atoms with van der Waals surface area (Å²) in [6, 6.07) is 0.332. The van der Waals surface area contributed by atoms with E-state index in [1.54, 1.807) is 4.90 Å². The average molecular weight is 300 g/mol. The number of aliphatic hydroxyl groups excluding tert-OH is 1. The van der Waals surface area contributed by atoms with Crippen LogP contribution in [0.3, 0.4) is 0 Å². The van der Waals surface area contributed by atoms with Crippen LogP contribution in [0.5, 0.6) is 0 Å². The van der Waals surface area contributed by atoms with Crippen LogP contribution in [0.25, 0.3) is 0 Å². The molecule has 1 saturated heterocycles. The zero-order chi connectivity index (χ0) is 15.9. The third-order valence-corrected chi connectivity index (χ3v) is 3.88. The van der Waals surface area contributed by atoms with Crippen LogP contribution in [0.1, 0.15) is 53.4 Å². The van der Waals surface area contributed by atoms with E-state index in [2.05, 4.69) is 12.2 Å². The predicted octanol–water partition coefficient (Wildman–Crippen LogP) is 2.38. The number of aliphatic hydroxyl groups is 1. The highest BCUT2D eigenvalue weighted by Crippen LogP contribution is 2.16. The van der Waals surface area contributed by atoms with Crippen LogP contribution in [-0.4, -0.2) is 54.0 Å². The average Bonchev–Trinajstić information content (AvgIpc) is 2.42. The normalized spacial score (nSPS) is 21.2. The molecule has 2 unspecified atom stereocenters. The summed E-state index contributed by atoms with van der Waals surface area (Å²) >= 11 is 0. The van der Waals surface area contributed by atoms with Crippen LogP contribution >= 0.6 is 0 Å². The number of hydrogen-bond acceptors (Lipinski definition) is 4. The molecule has 5 nitrogen and oxygen atoms in total. The van der Waals surface area contributed by atoms with Crippen molar-refractivity contribution < 1.29 is 14.6 Å². The Bertz CT molecular complexity index is 315.